The van der Waals surface area contributed by atoms with E-state index in [2.05, 4.69) is 0 Å². The minimum absolute atomic E-state index is 0.00148. The highest BCUT2D eigenvalue weighted by Gasteiger charge is 2.76. The molecule has 0 radical (unpaired) electrons. The number of piperidine rings is 1. The lowest BCUT2D eigenvalue weighted by Gasteiger charge is -2.27. The van der Waals surface area contributed by atoms with Crippen molar-refractivity contribution in [3.8, 4) is 0 Å². The first-order valence-corrected chi connectivity index (χ1v) is 7.01. The average molecular weight is 311 g/mol. The van der Waals surface area contributed by atoms with Gasteiger partial charge in [-0.3, -0.25) is 9.69 Å². The van der Waals surface area contributed by atoms with Gasteiger partial charge in [0.25, 0.3) is 5.92 Å². The third-order valence-electron chi connectivity index (χ3n) is 4.28. The molecule has 1 aliphatic heterocycles. The number of ether oxygens (including phenoxy) is 1. The molecule has 2 aliphatic rings. The number of hydrogen-bond donors (Lipinski definition) is 1. The van der Waals surface area contributed by atoms with Crippen LogP contribution in [0.15, 0.2) is 30.3 Å². The molecule has 1 aromatic rings. The molecule has 3 unspecified atom stereocenters. The number of alkyl halides is 2. The minimum atomic E-state index is -3.15. The molecule has 3 atom stereocenters. The summed E-state index contributed by atoms with van der Waals surface area (Å²) in [6, 6.07) is 7.55. The van der Waals surface area contributed by atoms with Crippen molar-refractivity contribution in [3.63, 3.8) is 0 Å². The Labute approximate surface area is 125 Å². The number of likely N-dealkylation sites (tertiary alicyclic amines) is 1. The van der Waals surface area contributed by atoms with Crippen molar-refractivity contribution in [2.45, 2.75) is 25.0 Å². The number of carboxylic acid groups (broad SMARTS) is 1. The van der Waals surface area contributed by atoms with E-state index in [0.717, 1.165) is 10.5 Å². The monoisotopic (exact) mass is 311 g/mol. The van der Waals surface area contributed by atoms with E-state index < -0.39 is 35.9 Å². The summed E-state index contributed by atoms with van der Waals surface area (Å²) in [5.41, 5.74) is 0.760. The number of carbonyl (C=O) groups excluding carboxylic acids is 1. The molecular formula is C15H15F2NO4. The number of carboxylic acids is 1. The second-order valence-electron chi connectivity index (χ2n) is 5.61. The summed E-state index contributed by atoms with van der Waals surface area (Å²) >= 11 is 0. The number of hydrogen-bond acceptors (Lipinski definition) is 3. The van der Waals surface area contributed by atoms with Gasteiger partial charge in [0.15, 0.2) is 0 Å². The maximum Gasteiger partial charge on any atom is 0.410 e. The van der Waals surface area contributed by atoms with E-state index >= 15 is 0 Å². The fourth-order valence-corrected chi connectivity index (χ4v) is 3.10. The van der Waals surface area contributed by atoms with E-state index in [-0.39, 0.29) is 19.6 Å². The fourth-order valence-electron chi connectivity index (χ4n) is 3.10. The Bertz CT molecular complexity index is 592. The summed E-state index contributed by atoms with van der Waals surface area (Å²) in [5, 5.41) is 8.98. The van der Waals surface area contributed by atoms with Gasteiger partial charge < -0.3 is 9.84 Å². The lowest BCUT2D eigenvalue weighted by Crippen LogP contribution is -2.42. The molecule has 5 nitrogen and oxygen atoms in total. The average Bonchev–Trinajstić information content (AvgIpc) is 3.08. The number of carbonyl (C=O) groups is 2. The van der Waals surface area contributed by atoms with Gasteiger partial charge in [0.1, 0.15) is 12.6 Å². The van der Waals surface area contributed by atoms with Gasteiger partial charge in [-0.1, -0.05) is 30.3 Å². The van der Waals surface area contributed by atoms with Crippen LogP contribution in [0.5, 0.6) is 0 Å². The highest BCUT2D eigenvalue weighted by Crippen LogP contribution is 2.59. The van der Waals surface area contributed by atoms with Crippen LogP contribution in [-0.2, 0) is 16.1 Å². The largest absolute Gasteiger partial charge is 0.481 e. The summed E-state index contributed by atoms with van der Waals surface area (Å²) in [5.74, 6) is -6.78. The summed E-state index contributed by atoms with van der Waals surface area (Å²) in [4.78, 5) is 24.0. The summed E-state index contributed by atoms with van der Waals surface area (Å²) in [6.07, 6.45) is -0.799. The molecular weight excluding hydrogens is 296 g/mol. The SMILES string of the molecule is O=C(O)C1CCN(C(=O)OCc2ccccc2)C2C1C2(F)F. The number of halogens is 2. The normalized spacial score (nSPS) is 28.6. The molecule has 7 heteroatoms. The number of amides is 1. The fraction of sp³-hybridized carbons (Fsp3) is 0.467. The Balaban J connectivity index is 1.64. The first-order chi connectivity index (χ1) is 10.4. The lowest BCUT2D eigenvalue weighted by molar-refractivity contribution is -0.144. The van der Waals surface area contributed by atoms with E-state index in [1.807, 2.05) is 6.07 Å². The second kappa shape index (κ2) is 5.23. The van der Waals surface area contributed by atoms with Crippen LogP contribution < -0.4 is 0 Å². The third kappa shape index (κ3) is 2.40. The maximum atomic E-state index is 13.8. The first-order valence-electron chi connectivity index (χ1n) is 7.01. The van der Waals surface area contributed by atoms with Crippen molar-refractivity contribution in [2.24, 2.45) is 11.8 Å². The van der Waals surface area contributed by atoms with Crippen molar-refractivity contribution < 1.29 is 28.2 Å². The van der Waals surface area contributed by atoms with Gasteiger partial charge in [-0.05, 0) is 12.0 Å². The molecule has 1 heterocycles. The molecule has 0 spiro atoms. The van der Waals surface area contributed by atoms with Crippen molar-refractivity contribution in [1.29, 1.82) is 0 Å². The summed E-state index contributed by atoms with van der Waals surface area (Å²) in [6.45, 7) is -0.0250. The van der Waals surface area contributed by atoms with Crippen molar-refractivity contribution >= 4 is 12.1 Å². The van der Waals surface area contributed by atoms with E-state index in [9.17, 15) is 18.4 Å². The zero-order valence-corrected chi connectivity index (χ0v) is 11.6. The van der Waals surface area contributed by atoms with Gasteiger partial charge in [-0.15, -0.1) is 0 Å². The second-order valence-corrected chi connectivity index (χ2v) is 5.61. The molecule has 1 saturated carbocycles. The lowest BCUT2D eigenvalue weighted by atomic mass is 9.96. The molecule has 22 heavy (non-hydrogen) atoms. The predicted molar refractivity (Wildman–Crippen MR) is 71.3 cm³/mol. The predicted octanol–water partition coefficient (Wildman–Crippen LogP) is 2.36. The number of benzene rings is 1. The highest BCUT2D eigenvalue weighted by molar-refractivity contribution is 5.75. The molecule has 1 aromatic carbocycles. The first kappa shape index (κ1) is 14.7. The zero-order valence-electron chi connectivity index (χ0n) is 11.6. The smallest absolute Gasteiger partial charge is 0.410 e. The molecule has 0 aromatic heterocycles. The number of fused-ring (bicyclic) bond motifs is 1. The molecule has 1 aliphatic carbocycles. The molecule has 3 rings (SSSR count). The van der Waals surface area contributed by atoms with Crippen molar-refractivity contribution in [3.05, 3.63) is 35.9 Å². The van der Waals surface area contributed by atoms with E-state index in [1.54, 1.807) is 24.3 Å². The number of rotatable bonds is 3. The van der Waals surface area contributed by atoms with Gasteiger partial charge in [0.2, 0.25) is 0 Å². The standard InChI is InChI=1S/C15H15F2NO4/c16-15(17)11-10(13(19)20)6-7-18(12(11)15)14(21)22-8-9-4-2-1-3-5-9/h1-5,10-12H,6-8H2,(H,19,20). The van der Waals surface area contributed by atoms with Crippen LogP contribution in [0.3, 0.4) is 0 Å². The van der Waals surface area contributed by atoms with Crippen LogP contribution in [-0.4, -0.2) is 40.6 Å². The van der Waals surface area contributed by atoms with Gasteiger partial charge in [0, 0.05) is 6.54 Å². The van der Waals surface area contributed by atoms with Gasteiger partial charge in [-0.2, -0.15) is 0 Å². The summed E-state index contributed by atoms with van der Waals surface area (Å²) < 4.78 is 32.6. The van der Waals surface area contributed by atoms with Crippen molar-refractivity contribution in [2.75, 3.05) is 6.54 Å². The highest BCUT2D eigenvalue weighted by atomic mass is 19.3. The van der Waals surface area contributed by atoms with E-state index in [1.165, 1.54) is 0 Å². The van der Waals surface area contributed by atoms with E-state index in [4.69, 9.17) is 9.84 Å². The number of aliphatic carboxylic acids is 1. The molecule has 1 amide bonds. The zero-order chi connectivity index (χ0) is 15.9. The van der Waals surface area contributed by atoms with Crippen LogP contribution in [0.2, 0.25) is 0 Å². The Hall–Kier alpha value is -2.18. The maximum absolute atomic E-state index is 13.8. The molecule has 1 saturated heterocycles. The quantitative estimate of drug-likeness (QED) is 0.930. The van der Waals surface area contributed by atoms with Gasteiger partial charge >= 0.3 is 12.1 Å². The number of nitrogens with zero attached hydrogens (tertiary/aromatic N) is 1. The Kier molecular flexibility index (Phi) is 3.50. The van der Waals surface area contributed by atoms with Crippen LogP contribution in [0.4, 0.5) is 13.6 Å². The van der Waals surface area contributed by atoms with Gasteiger partial charge in [0.05, 0.1) is 11.8 Å². The topological polar surface area (TPSA) is 66.8 Å². The Morgan fingerprint density at radius 3 is 2.64 bits per heavy atom. The van der Waals surface area contributed by atoms with Crippen LogP contribution in [0, 0.1) is 11.8 Å². The van der Waals surface area contributed by atoms with Crippen LogP contribution in [0.1, 0.15) is 12.0 Å². The van der Waals surface area contributed by atoms with Gasteiger partial charge in [-0.25, -0.2) is 13.6 Å². The molecule has 2 fully saturated rings. The molecule has 1 N–H and O–H groups in total. The van der Waals surface area contributed by atoms with Crippen LogP contribution in [0.25, 0.3) is 0 Å². The van der Waals surface area contributed by atoms with Crippen molar-refractivity contribution in [1.82, 2.24) is 4.90 Å². The van der Waals surface area contributed by atoms with Crippen LogP contribution >= 0.6 is 0 Å². The summed E-state index contributed by atoms with van der Waals surface area (Å²) in [7, 11) is 0. The Morgan fingerprint density at radius 1 is 1.32 bits per heavy atom. The Morgan fingerprint density at radius 2 is 2.00 bits per heavy atom. The molecule has 0 bridgehead atoms. The van der Waals surface area contributed by atoms with E-state index in [0.29, 0.717) is 0 Å². The minimum Gasteiger partial charge on any atom is -0.481 e. The molecule has 118 valence electrons. The third-order valence-corrected chi connectivity index (χ3v) is 4.28.